The predicted octanol–water partition coefficient (Wildman–Crippen LogP) is 1.36. The van der Waals surface area contributed by atoms with Crippen molar-refractivity contribution >= 4 is 11.4 Å². The number of nitrogens with zero attached hydrogens (tertiary/aromatic N) is 1. The van der Waals surface area contributed by atoms with Crippen LogP contribution >= 0.6 is 0 Å². The Kier molecular flexibility index (Phi) is 4.07. The molecule has 0 aliphatic carbocycles. The molecule has 0 amide bonds. The van der Waals surface area contributed by atoms with Gasteiger partial charge in [0.25, 0.3) is 0 Å². The number of nitrogens with one attached hydrogen (secondary N) is 1. The zero-order valence-corrected chi connectivity index (χ0v) is 9.27. The number of hydrogen-bond donors (Lipinski definition) is 2. The summed E-state index contributed by atoms with van der Waals surface area (Å²) in [6.45, 7) is 2.28. The summed E-state index contributed by atoms with van der Waals surface area (Å²) in [6.07, 6.45) is 0. The number of methoxy groups -OCH3 is 1. The van der Waals surface area contributed by atoms with E-state index in [2.05, 4.69) is 5.32 Å². The molecule has 6 heteroatoms. The number of benzene rings is 1. The van der Waals surface area contributed by atoms with Crippen molar-refractivity contribution in [1.82, 2.24) is 0 Å². The number of nitrogens with two attached hydrogens (primary N) is 1. The number of nitro benzene ring substituents is 1. The summed E-state index contributed by atoms with van der Waals surface area (Å²) in [5, 5.41) is 13.8. The topological polar surface area (TPSA) is 90.4 Å². The van der Waals surface area contributed by atoms with Crippen molar-refractivity contribution < 1.29 is 9.66 Å². The SMILES string of the molecule is COc1cccc(NCC(C)N)c1[N+](=O)[O-]. The fourth-order valence-corrected chi connectivity index (χ4v) is 1.29. The minimum Gasteiger partial charge on any atom is -0.490 e. The van der Waals surface area contributed by atoms with Gasteiger partial charge in [0.05, 0.1) is 12.0 Å². The van der Waals surface area contributed by atoms with Gasteiger partial charge < -0.3 is 15.8 Å². The van der Waals surface area contributed by atoms with Gasteiger partial charge >= 0.3 is 5.69 Å². The lowest BCUT2D eigenvalue weighted by Crippen LogP contribution is -2.25. The number of ether oxygens (including phenoxy) is 1. The van der Waals surface area contributed by atoms with Crippen LogP contribution < -0.4 is 15.8 Å². The minimum atomic E-state index is -0.470. The van der Waals surface area contributed by atoms with E-state index in [-0.39, 0.29) is 17.5 Å². The monoisotopic (exact) mass is 225 g/mol. The number of nitro groups is 1. The average molecular weight is 225 g/mol. The van der Waals surface area contributed by atoms with Crippen molar-refractivity contribution in [1.29, 1.82) is 0 Å². The third-order valence-electron chi connectivity index (χ3n) is 2.02. The second kappa shape index (κ2) is 5.32. The van der Waals surface area contributed by atoms with Gasteiger partial charge in [-0.25, -0.2) is 0 Å². The van der Waals surface area contributed by atoms with Gasteiger partial charge in [0, 0.05) is 12.6 Å². The van der Waals surface area contributed by atoms with E-state index in [1.54, 1.807) is 18.2 Å². The van der Waals surface area contributed by atoms with Crippen LogP contribution in [0.4, 0.5) is 11.4 Å². The molecule has 1 atom stereocenters. The number of anilines is 1. The molecule has 1 aromatic carbocycles. The maximum atomic E-state index is 10.9. The zero-order chi connectivity index (χ0) is 12.1. The van der Waals surface area contributed by atoms with Crippen LogP contribution in [0.25, 0.3) is 0 Å². The number of rotatable bonds is 5. The summed E-state index contributed by atoms with van der Waals surface area (Å²) in [5.74, 6) is 0.236. The van der Waals surface area contributed by atoms with Crippen LogP contribution in [0.15, 0.2) is 18.2 Å². The Morgan fingerprint density at radius 3 is 2.81 bits per heavy atom. The van der Waals surface area contributed by atoms with Crippen LogP contribution in [0.5, 0.6) is 5.75 Å². The number of para-hydroxylation sites is 1. The molecule has 0 radical (unpaired) electrons. The van der Waals surface area contributed by atoms with E-state index >= 15 is 0 Å². The normalized spacial score (nSPS) is 11.9. The van der Waals surface area contributed by atoms with Crippen molar-refractivity contribution in [2.75, 3.05) is 19.0 Å². The summed E-state index contributed by atoms with van der Waals surface area (Å²) in [6, 6.07) is 4.79. The third kappa shape index (κ3) is 2.83. The molecule has 6 nitrogen and oxygen atoms in total. The second-order valence-corrected chi connectivity index (χ2v) is 3.47. The lowest BCUT2D eigenvalue weighted by Gasteiger charge is -2.10. The Hall–Kier alpha value is -1.82. The van der Waals surface area contributed by atoms with Gasteiger partial charge in [-0.2, -0.15) is 0 Å². The van der Waals surface area contributed by atoms with Crippen LogP contribution in [-0.4, -0.2) is 24.6 Å². The lowest BCUT2D eigenvalue weighted by molar-refractivity contribution is -0.384. The molecule has 0 saturated heterocycles. The fraction of sp³-hybridized carbons (Fsp3) is 0.400. The van der Waals surface area contributed by atoms with Gasteiger partial charge in [-0.1, -0.05) is 6.07 Å². The van der Waals surface area contributed by atoms with Gasteiger partial charge in [0.2, 0.25) is 0 Å². The van der Waals surface area contributed by atoms with Gasteiger partial charge in [0.1, 0.15) is 5.69 Å². The van der Waals surface area contributed by atoms with E-state index in [1.165, 1.54) is 7.11 Å². The van der Waals surface area contributed by atoms with E-state index < -0.39 is 4.92 Å². The Morgan fingerprint density at radius 1 is 1.62 bits per heavy atom. The second-order valence-electron chi connectivity index (χ2n) is 3.47. The molecule has 0 spiro atoms. The highest BCUT2D eigenvalue weighted by atomic mass is 16.6. The molecule has 1 rings (SSSR count). The molecule has 0 saturated carbocycles. The maximum absolute atomic E-state index is 10.9. The maximum Gasteiger partial charge on any atom is 0.333 e. The molecular weight excluding hydrogens is 210 g/mol. The van der Waals surface area contributed by atoms with Crippen molar-refractivity contribution in [2.24, 2.45) is 5.73 Å². The lowest BCUT2D eigenvalue weighted by atomic mass is 10.2. The summed E-state index contributed by atoms with van der Waals surface area (Å²) in [4.78, 5) is 10.4. The van der Waals surface area contributed by atoms with Crippen molar-refractivity contribution in [3.05, 3.63) is 28.3 Å². The van der Waals surface area contributed by atoms with Gasteiger partial charge in [-0.05, 0) is 19.1 Å². The van der Waals surface area contributed by atoms with Crippen LogP contribution in [0.2, 0.25) is 0 Å². The third-order valence-corrected chi connectivity index (χ3v) is 2.02. The molecule has 1 unspecified atom stereocenters. The Bertz CT molecular complexity index is 380. The highest BCUT2D eigenvalue weighted by Gasteiger charge is 2.20. The minimum absolute atomic E-state index is 0.0642. The van der Waals surface area contributed by atoms with E-state index in [9.17, 15) is 10.1 Å². The summed E-state index contributed by atoms with van der Waals surface area (Å²) in [7, 11) is 1.40. The molecule has 88 valence electrons. The van der Waals surface area contributed by atoms with Crippen LogP contribution in [0.3, 0.4) is 0 Å². The van der Waals surface area contributed by atoms with E-state index in [1.807, 2.05) is 6.92 Å². The first-order chi connectivity index (χ1) is 7.56. The Balaban J connectivity index is 3.02. The zero-order valence-electron chi connectivity index (χ0n) is 9.27. The van der Waals surface area contributed by atoms with Crippen LogP contribution in [-0.2, 0) is 0 Å². The summed E-state index contributed by atoms with van der Waals surface area (Å²) >= 11 is 0. The summed E-state index contributed by atoms with van der Waals surface area (Å²) < 4.78 is 4.94. The standard InChI is InChI=1S/C10H15N3O3/c1-7(11)6-12-8-4-3-5-9(16-2)10(8)13(14)15/h3-5,7,12H,6,11H2,1-2H3. The Morgan fingerprint density at radius 2 is 2.31 bits per heavy atom. The largest absolute Gasteiger partial charge is 0.490 e. The van der Waals surface area contributed by atoms with E-state index in [4.69, 9.17) is 10.5 Å². The van der Waals surface area contributed by atoms with Crippen molar-refractivity contribution in [3.63, 3.8) is 0 Å². The van der Waals surface area contributed by atoms with Gasteiger partial charge in [0.15, 0.2) is 5.75 Å². The van der Waals surface area contributed by atoms with Crippen molar-refractivity contribution in [2.45, 2.75) is 13.0 Å². The van der Waals surface area contributed by atoms with Crippen LogP contribution in [0, 0.1) is 10.1 Å². The highest BCUT2D eigenvalue weighted by molar-refractivity contribution is 5.68. The first-order valence-electron chi connectivity index (χ1n) is 4.87. The molecule has 0 aliphatic rings. The molecule has 0 bridgehead atoms. The first kappa shape index (κ1) is 12.3. The quantitative estimate of drug-likeness (QED) is 0.583. The Labute approximate surface area is 93.5 Å². The molecule has 0 heterocycles. The van der Waals surface area contributed by atoms with Gasteiger partial charge in [-0.15, -0.1) is 0 Å². The smallest absolute Gasteiger partial charge is 0.333 e. The number of hydrogen-bond acceptors (Lipinski definition) is 5. The van der Waals surface area contributed by atoms with Crippen molar-refractivity contribution in [3.8, 4) is 5.75 Å². The first-order valence-corrected chi connectivity index (χ1v) is 4.87. The molecule has 3 N–H and O–H groups in total. The molecule has 0 aliphatic heterocycles. The molecule has 1 aromatic rings. The fourth-order valence-electron chi connectivity index (χ4n) is 1.29. The highest BCUT2D eigenvalue weighted by Crippen LogP contribution is 2.34. The van der Waals surface area contributed by atoms with E-state index in [0.717, 1.165) is 0 Å². The van der Waals surface area contributed by atoms with E-state index in [0.29, 0.717) is 12.2 Å². The average Bonchev–Trinajstić information content (AvgIpc) is 2.25. The molecule has 16 heavy (non-hydrogen) atoms. The van der Waals surface area contributed by atoms with Gasteiger partial charge in [-0.3, -0.25) is 10.1 Å². The summed E-state index contributed by atoms with van der Waals surface area (Å²) in [5.41, 5.74) is 5.93. The molecule has 0 aromatic heterocycles. The van der Waals surface area contributed by atoms with Crippen LogP contribution in [0.1, 0.15) is 6.92 Å². The predicted molar refractivity (Wildman–Crippen MR) is 61.8 cm³/mol. The molecule has 0 fully saturated rings. The molecular formula is C10H15N3O3.